The van der Waals surface area contributed by atoms with E-state index in [2.05, 4.69) is 36.8 Å². The number of nitrogen functional groups attached to an aromatic ring is 1. The molecule has 21 heavy (non-hydrogen) atoms. The van der Waals surface area contributed by atoms with Gasteiger partial charge < -0.3 is 10.5 Å². The van der Waals surface area contributed by atoms with Crippen molar-refractivity contribution in [3.05, 3.63) is 56.6 Å². The molecule has 0 radical (unpaired) electrons. The van der Waals surface area contributed by atoms with Crippen LogP contribution in [0.5, 0.6) is 11.5 Å². The Bertz CT molecular complexity index is 834. The van der Waals surface area contributed by atoms with Gasteiger partial charge in [0.2, 0.25) is 0 Å². The number of halogens is 3. The zero-order valence-electron chi connectivity index (χ0n) is 10.6. The first kappa shape index (κ1) is 14.6. The van der Waals surface area contributed by atoms with E-state index in [1.54, 1.807) is 24.4 Å². The first-order valence-corrected chi connectivity index (χ1v) is 7.97. The lowest BCUT2D eigenvalue weighted by Crippen LogP contribution is -1.95. The third-order valence-electron chi connectivity index (χ3n) is 2.91. The van der Waals surface area contributed by atoms with Crippen LogP contribution in [-0.2, 0) is 0 Å². The number of anilines is 1. The van der Waals surface area contributed by atoms with E-state index < -0.39 is 0 Å². The molecule has 0 fully saturated rings. The Morgan fingerprint density at radius 2 is 1.90 bits per heavy atom. The van der Waals surface area contributed by atoms with Gasteiger partial charge in [0.25, 0.3) is 0 Å². The molecule has 0 atom stereocenters. The molecule has 106 valence electrons. The highest BCUT2D eigenvalue weighted by atomic mass is 79.9. The fourth-order valence-corrected chi connectivity index (χ4v) is 3.06. The number of pyridine rings is 1. The second-order valence-corrected chi connectivity index (χ2v) is 6.59. The monoisotopic (exact) mass is 426 g/mol. The summed E-state index contributed by atoms with van der Waals surface area (Å²) in [6.07, 6.45) is 1.59. The Balaban J connectivity index is 2.15. The highest BCUT2D eigenvalue weighted by Gasteiger charge is 2.12. The molecule has 1 heterocycles. The van der Waals surface area contributed by atoms with Crippen LogP contribution in [0.3, 0.4) is 0 Å². The van der Waals surface area contributed by atoms with E-state index in [-0.39, 0.29) is 0 Å². The molecule has 0 unspecified atom stereocenters. The van der Waals surface area contributed by atoms with Gasteiger partial charge in [0, 0.05) is 14.9 Å². The van der Waals surface area contributed by atoms with E-state index in [1.807, 2.05) is 18.2 Å². The minimum absolute atomic E-state index is 0.474. The van der Waals surface area contributed by atoms with Crippen LogP contribution in [-0.4, -0.2) is 4.98 Å². The zero-order chi connectivity index (χ0) is 15.0. The summed E-state index contributed by atoms with van der Waals surface area (Å²) in [5.41, 5.74) is 7.31. The second-order valence-electron chi connectivity index (χ2n) is 4.38. The van der Waals surface area contributed by atoms with Gasteiger partial charge in [-0.15, -0.1) is 0 Å². The summed E-state index contributed by atoms with van der Waals surface area (Å²) in [7, 11) is 0. The van der Waals surface area contributed by atoms with Crippen molar-refractivity contribution in [2.75, 3.05) is 5.73 Å². The predicted octanol–water partition coefficient (Wildman–Crippen LogP) is 5.79. The Morgan fingerprint density at radius 3 is 2.67 bits per heavy atom. The Morgan fingerprint density at radius 1 is 1.10 bits per heavy atom. The molecule has 0 spiro atoms. The number of nitrogens with two attached hydrogens (primary N) is 1. The van der Waals surface area contributed by atoms with Crippen molar-refractivity contribution >= 4 is 60.1 Å². The van der Waals surface area contributed by atoms with Crippen LogP contribution >= 0.6 is 43.5 Å². The first-order chi connectivity index (χ1) is 10.0. The number of rotatable bonds is 2. The molecule has 3 aromatic rings. The maximum absolute atomic E-state index is 6.02. The normalized spacial score (nSPS) is 10.8. The quantitative estimate of drug-likeness (QED) is 0.562. The van der Waals surface area contributed by atoms with Gasteiger partial charge in [-0.05, 0) is 52.3 Å². The molecular weight excluding hydrogens is 419 g/mol. The van der Waals surface area contributed by atoms with Gasteiger partial charge in [0.05, 0.1) is 21.9 Å². The molecule has 3 rings (SSSR count). The van der Waals surface area contributed by atoms with E-state index >= 15 is 0 Å². The molecule has 0 aliphatic rings. The van der Waals surface area contributed by atoms with Crippen LogP contribution in [0.2, 0.25) is 5.02 Å². The van der Waals surface area contributed by atoms with Crippen LogP contribution < -0.4 is 10.5 Å². The molecule has 3 nitrogen and oxygen atoms in total. The van der Waals surface area contributed by atoms with Crippen molar-refractivity contribution in [1.82, 2.24) is 4.98 Å². The third-order valence-corrected chi connectivity index (χ3v) is 4.26. The number of benzene rings is 2. The van der Waals surface area contributed by atoms with Crippen LogP contribution in [0, 0.1) is 0 Å². The molecule has 0 saturated heterocycles. The summed E-state index contributed by atoms with van der Waals surface area (Å²) in [6, 6.07) is 11.1. The summed E-state index contributed by atoms with van der Waals surface area (Å²) in [5, 5.41) is 1.47. The Hall–Kier alpha value is -1.30. The third kappa shape index (κ3) is 3.00. The summed E-state index contributed by atoms with van der Waals surface area (Å²) in [5.74, 6) is 1.21. The van der Waals surface area contributed by atoms with Crippen LogP contribution in [0.1, 0.15) is 0 Å². The van der Waals surface area contributed by atoms with E-state index in [1.165, 1.54) is 0 Å². The number of aromatic nitrogens is 1. The molecular formula is C15H9Br2ClN2O. The van der Waals surface area contributed by atoms with Crippen molar-refractivity contribution < 1.29 is 4.74 Å². The molecule has 1 aromatic heterocycles. The summed E-state index contributed by atoms with van der Waals surface area (Å²) >= 11 is 12.8. The van der Waals surface area contributed by atoms with E-state index in [0.717, 1.165) is 19.8 Å². The van der Waals surface area contributed by atoms with Crippen molar-refractivity contribution in [2.45, 2.75) is 0 Å². The molecule has 0 saturated carbocycles. The van der Waals surface area contributed by atoms with E-state index in [0.29, 0.717) is 22.2 Å². The molecule has 0 amide bonds. The number of fused-ring (bicyclic) bond motifs is 1. The van der Waals surface area contributed by atoms with Crippen molar-refractivity contribution in [2.24, 2.45) is 0 Å². The van der Waals surface area contributed by atoms with Gasteiger partial charge in [-0.3, -0.25) is 4.98 Å². The highest BCUT2D eigenvalue weighted by molar-refractivity contribution is 9.10. The van der Waals surface area contributed by atoms with Crippen LogP contribution in [0.4, 0.5) is 5.69 Å². The standard InChI is InChI=1S/C15H9Br2ClN2O/c16-8-1-3-13-10(5-8)15(12(19)7-20-13)21-14-4-2-9(18)6-11(14)17/h1-7H,19H2. The van der Waals surface area contributed by atoms with Gasteiger partial charge in [0.1, 0.15) is 5.75 Å². The largest absolute Gasteiger partial charge is 0.453 e. The predicted molar refractivity (Wildman–Crippen MR) is 93.1 cm³/mol. The average molecular weight is 429 g/mol. The lowest BCUT2D eigenvalue weighted by molar-refractivity contribution is 0.487. The smallest absolute Gasteiger partial charge is 0.161 e. The minimum Gasteiger partial charge on any atom is -0.453 e. The molecule has 6 heteroatoms. The topological polar surface area (TPSA) is 48.1 Å². The average Bonchev–Trinajstić information content (AvgIpc) is 2.44. The van der Waals surface area contributed by atoms with E-state index in [9.17, 15) is 0 Å². The van der Waals surface area contributed by atoms with Crippen molar-refractivity contribution in [3.8, 4) is 11.5 Å². The van der Waals surface area contributed by atoms with E-state index in [4.69, 9.17) is 22.1 Å². The molecule has 0 bridgehead atoms. The molecule has 0 aliphatic heterocycles. The second kappa shape index (κ2) is 5.83. The van der Waals surface area contributed by atoms with Crippen molar-refractivity contribution in [1.29, 1.82) is 0 Å². The maximum Gasteiger partial charge on any atom is 0.161 e. The zero-order valence-corrected chi connectivity index (χ0v) is 14.5. The molecule has 0 aliphatic carbocycles. The van der Waals surface area contributed by atoms with Crippen LogP contribution in [0.15, 0.2) is 51.5 Å². The highest BCUT2D eigenvalue weighted by Crippen LogP contribution is 2.38. The lowest BCUT2D eigenvalue weighted by Gasteiger charge is -2.13. The maximum atomic E-state index is 6.02. The van der Waals surface area contributed by atoms with Crippen LogP contribution in [0.25, 0.3) is 10.9 Å². The molecule has 2 N–H and O–H groups in total. The fraction of sp³-hybridized carbons (Fsp3) is 0. The number of hydrogen-bond donors (Lipinski definition) is 1. The lowest BCUT2D eigenvalue weighted by atomic mass is 10.2. The Kier molecular flexibility index (Phi) is 4.06. The number of ether oxygens (including phenoxy) is 1. The Labute approximate surface area is 143 Å². The van der Waals surface area contributed by atoms with Crippen molar-refractivity contribution in [3.63, 3.8) is 0 Å². The molecule has 2 aromatic carbocycles. The fourth-order valence-electron chi connectivity index (χ4n) is 1.94. The first-order valence-electron chi connectivity index (χ1n) is 6.01. The minimum atomic E-state index is 0.474. The number of hydrogen-bond acceptors (Lipinski definition) is 3. The summed E-state index contributed by atoms with van der Waals surface area (Å²) in [6.45, 7) is 0. The van der Waals surface area contributed by atoms with Gasteiger partial charge in [-0.2, -0.15) is 0 Å². The van der Waals surface area contributed by atoms with Gasteiger partial charge in [-0.1, -0.05) is 27.5 Å². The summed E-state index contributed by atoms with van der Waals surface area (Å²) in [4.78, 5) is 4.30. The number of nitrogens with zero attached hydrogens (tertiary/aromatic N) is 1. The summed E-state index contributed by atoms with van der Waals surface area (Å²) < 4.78 is 7.66. The van der Waals surface area contributed by atoms with Gasteiger partial charge in [-0.25, -0.2) is 0 Å². The van der Waals surface area contributed by atoms with Gasteiger partial charge >= 0.3 is 0 Å². The van der Waals surface area contributed by atoms with Gasteiger partial charge in [0.15, 0.2) is 5.75 Å². The SMILES string of the molecule is Nc1cnc2ccc(Br)cc2c1Oc1ccc(Cl)cc1Br.